The van der Waals surface area contributed by atoms with Crippen LogP contribution in [0.3, 0.4) is 0 Å². The second-order valence-corrected chi connectivity index (χ2v) is 9.88. The number of likely N-dealkylation sites (tertiary alicyclic amines) is 1. The smallest absolute Gasteiger partial charge is 0.256 e. The molecule has 2 aromatic carbocycles. The number of nitrogens with one attached hydrogen (secondary N) is 1. The van der Waals surface area contributed by atoms with E-state index in [1.165, 1.54) is 0 Å². The molecule has 2 heterocycles. The summed E-state index contributed by atoms with van der Waals surface area (Å²) in [6, 6.07) is 13.6. The van der Waals surface area contributed by atoms with Crippen molar-refractivity contribution < 1.29 is 23.9 Å². The molecule has 37 heavy (non-hydrogen) atoms. The van der Waals surface area contributed by atoms with Crippen molar-refractivity contribution in [3.05, 3.63) is 65.2 Å². The molecule has 0 radical (unpaired) electrons. The van der Waals surface area contributed by atoms with Crippen molar-refractivity contribution in [3.8, 4) is 5.75 Å². The Balaban J connectivity index is 1.55. The number of nitrogens with zero attached hydrogens (tertiary/aromatic N) is 3. The van der Waals surface area contributed by atoms with Gasteiger partial charge in [-0.25, -0.2) is 0 Å². The van der Waals surface area contributed by atoms with E-state index in [1.54, 1.807) is 41.2 Å². The number of ether oxygens (including phenoxy) is 2. The van der Waals surface area contributed by atoms with Crippen molar-refractivity contribution >= 4 is 17.7 Å². The van der Waals surface area contributed by atoms with E-state index in [0.29, 0.717) is 55.9 Å². The van der Waals surface area contributed by atoms with Gasteiger partial charge in [0.1, 0.15) is 17.5 Å². The number of carbonyl (C=O) groups is 3. The fourth-order valence-electron chi connectivity index (χ4n) is 5.00. The zero-order chi connectivity index (χ0) is 26.6. The lowest BCUT2D eigenvalue weighted by Crippen LogP contribution is -2.60. The molecular weight excluding hydrogens is 472 g/mol. The summed E-state index contributed by atoms with van der Waals surface area (Å²) < 4.78 is 11.5. The summed E-state index contributed by atoms with van der Waals surface area (Å²) in [6.07, 6.45) is 0.849. The van der Waals surface area contributed by atoms with Crippen LogP contribution in [0.1, 0.15) is 39.1 Å². The van der Waals surface area contributed by atoms with E-state index in [0.717, 1.165) is 5.56 Å². The molecule has 2 aromatic rings. The molecule has 0 bridgehead atoms. The molecule has 198 valence electrons. The Morgan fingerprint density at radius 3 is 2.35 bits per heavy atom. The Kier molecular flexibility index (Phi) is 8.14. The molecule has 4 rings (SSSR count). The molecule has 1 atom stereocenters. The van der Waals surface area contributed by atoms with E-state index >= 15 is 0 Å². The highest BCUT2D eigenvalue weighted by atomic mass is 16.5. The minimum absolute atomic E-state index is 0.0306. The molecule has 2 aliphatic rings. The lowest BCUT2D eigenvalue weighted by molar-refractivity contribution is -0.128. The highest BCUT2D eigenvalue weighted by Crippen LogP contribution is 2.39. The Labute approximate surface area is 218 Å². The van der Waals surface area contributed by atoms with Crippen molar-refractivity contribution in [2.24, 2.45) is 0 Å². The molecule has 2 aliphatic heterocycles. The fourth-order valence-corrected chi connectivity index (χ4v) is 5.00. The van der Waals surface area contributed by atoms with E-state index in [4.69, 9.17) is 9.47 Å². The van der Waals surface area contributed by atoms with Gasteiger partial charge in [-0.3, -0.25) is 19.3 Å². The van der Waals surface area contributed by atoms with Crippen molar-refractivity contribution in [1.82, 2.24) is 20.0 Å². The Morgan fingerprint density at radius 2 is 1.73 bits per heavy atom. The zero-order valence-electron chi connectivity index (χ0n) is 22.0. The van der Waals surface area contributed by atoms with Crippen LogP contribution in [0.4, 0.5) is 0 Å². The number of rotatable bonds is 7. The number of amides is 3. The first-order valence-electron chi connectivity index (χ1n) is 12.6. The topological polar surface area (TPSA) is 91.4 Å². The molecule has 0 aromatic heterocycles. The van der Waals surface area contributed by atoms with E-state index in [-0.39, 0.29) is 24.3 Å². The standard InChI is InChI=1S/C28H36N4O5/c1-20-7-5-6-8-23(20)27(35)31-16-13-28(14-17-31)32(26(34)21-9-11-22(36-4)12-10-21)24(19-37-28)25(33)29-15-18-30(2)3/h5-12,24H,13-19H2,1-4H3,(H,29,33). The third-order valence-electron chi connectivity index (χ3n) is 7.18. The molecule has 0 saturated carbocycles. The molecule has 9 heteroatoms. The number of methoxy groups -OCH3 is 1. The van der Waals surface area contributed by atoms with Crippen LogP contribution in [0, 0.1) is 6.92 Å². The minimum Gasteiger partial charge on any atom is -0.497 e. The maximum absolute atomic E-state index is 13.8. The van der Waals surface area contributed by atoms with E-state index in [9.17, 15) is 14.4 Å². The van der Waals surface area contributed by atoms with Gasteiger partial charge in [0.2, 0.25) is 5.91 Å². The van der Waals surface area contributed by atoms with Crippen LogP contribution in [0.25, 0.3) is 0 Å². The quantitative estimate of drug-likeness (QED) is 0.617. The van der Waals surface area contributed by atoms with Gasteiger partial charge in [-0.05, 0) is 56.9 Å². The third kappa shape index (κ3) is 5.62. The summed E-state index contributed by atoms with van der Waals surface area (Å²) in [5.74, 6) is 0.104. The van der Waals surface area contributed by atoms with E-state index in [2.05, 4.69) is 5.32 Å². The summed E-state index contributed by atoms with van der Waals surface area (Å²) >= 11 is 0. The molecule has 3 amide bonds. The summed E-state index contributed by atoms with van der Waals surface area (Å²) in [5, 5.41) is 2.95. The van der Waals surface area contributed by atoms with Gasteiger partial charge in [0.15, 0.2) is 0 Å². The first-order valence-corrected chi connectivity index (χ1v) is 12.6. The number of carbonyl (C=O) groups excluding carboxylic acids is 3. The fraction of sp³-hybridized carbons (Fsp3) is 0.464. The highest BCUT2D eigenvalue weighted by molar-refractivity contribution is 5.99. The van der Waals surface area contributed by atoms with Gasteiger partial charge in [0.25, 0.3) is 11.8 Å². The number of hydrogen-bond donors (Lipinski definition) is 1. The number of aryl methyl sites for hydroxylation is 1. The van der Waals surface area contributed by atoms with Crippen LogP contribution in [0.2, 0.25) is 0 Å². The van der Waals surface area contributed by atoms with Crippen LogP contribution >= 0.6 is 0 Å². The molecule has 0 aliphatic carbocycles. The van der Waals surface area contributed by atoms with Crippen LogP contribution in [-0.2, 0) is 9.53 Å². The number of hydrogen-bond acceptors (Lipinski definition) is 6. The zero-order valence-corrected chi connectivity index (χ0v) is 22.0. The number of benzene rings is 2. The van der Waals surface area contributed by atoms with Crippen molar-refractivity contribution in [2.75, 3.05) is 54.0 Å². The van der Waals surface area contributed by atoms with Gasteiger partial charge in [-0.2, -0.15) is 0 Å². The lowest BCUT2D eigenvalue weighted by atomic mass is 9.95. The maximum Gasteiger partial charge on any atom is 0.256 e. The van der Waals surface area contributed by atoms with Crippen molar-refractivity contribution in [2.45, 2.75) is 31.5 Å². The molecule has 1 N–H and O–H groups in total. The predicted molar refractivity (Wildman–Crippen MR) is 140 cm³/mol. The summed E-state index contributed by atoms with van der Waals surface area (Å²) in [7, 11) is 5.44. The normalized spacial score (nSPS) is 18.8. The largest absolute Gasteiger partial charge is 0.497 e. The SMILES string of the molecule is COc1ccc(C(=O)N2C(C(=O)NCCN(C)C)COC23CCN(C(=O)c2ccccc2C)CC3)cc1. The average molecular weight is 509 g/mol. The molecule has 9 nitrogen and oxygen atoms in total. The van der Waals surface area contributed by atoms with Crippen molar-refractivity contribution in [1.29, 1.82) is 0 Å². The highest BCUT2D eigenvalue weighted by Gasteiger charge is 2.54. The predicted octanol–water partition coefficient (Wildman–Crippen LogP) is 2.15. The van der Waals surface area contributed by atoms with E-state index in [1.807, 2.05) is 50.2 Å². The first kappa shape index (κ1) is 26.6. The monoisotopic (exact) mass is 508 g/mol. The molecule has 1 unspecified atom stereocenters. The average Bonchev–Trinajstić information content (AvgIpc) is 3.27. The van der Waals surface area contributed by atoms with Gasteiger partial charge in [0, 0.05) is 50.1 Å². The number of likely N-dealkylation sites (N-methyl/N-ethyl adjacent to an activating group) is 1. The lowest BCUT2D eigenvalue weighted by Gasteiger charge is -2.44. The summed E-state index contributed by atoms with van der Waals surface area (Å²) in [4.78, 5) is 45.6. The van der Waals surface area contributed by atoms with Gasteiger partial charge in [-0.15, -0.1) is 0 Å². The summed E-state index contributed by atoms with van der Waals surface area (Å²) in [5.41, 5.74) is 1.10. The molecule has 2 saturated heterocycles. The van der Waals surface area contributed by atoms with Crippen LogP contribution < -0.4 is 10.1 Å². The Morgan fingerprint density at radius 1 is 1.05 bits per heavy atom. The third-order valence-corrected chi connectivity index (χ3v) is 7.18. The van der Waals surface area contributed by atoms with Gasteiger partial charge >= 0.3 is 0 Å². The Hall–Kier alpha value is -3.43. The second kappa shape index (κ2) is 11.3. The van der Waals surface area contributed by atoms with Gasteiger partial charge in [0.05, 0.1) is 13.7 Å². The maximum atomic E-state index is 13.8. The molecule has 1 spiro atoms. The second-order valence-electron chi connectivity index (χ2n) is 9.88. The van der Waals surface area contributed by atoms with Gasteiger partial charge in [-0.1, -0.05) is 18.2 Å². The number of piperidine rings is 1. The van der Waals surface area contributed by atoms with Crippen LogP contribution in [-0.4, -0.2) is 98.2 Å². The molecular formula is C28H36N4O5. The van der Waals surface area contributed by atoms with Crippen molar-refractivity contribution in [3.63, 3.8) is 0 Å². The molecule has 2 fully saturated rings. The van der Waals surface area contributed by atoms with Gasteiger partial charge < -0.3 is 24.6 Å². The Bertz CT molecular complexity index is 1130. The van der Waals surface area contributed by atoms with Crippen LogP contribution in [0.5, 0.6) is 5.75 Å². The van der Waals surface area contributed by atoms with Crippen LogP contribution in [0.15, 0.2) is 48.5 Å². The first-order chi connectivity index (χ1) is 17.8. The summed E-state index contributed by atoms with van der Waals surface area (Å²) in [6.45, 7) is 4.05. The minimum atomic E-state index is -0.955. The van der Waals surface area contributed by atoms with E-state index < -0.39 is 11.8 Å².